The third kappa shape index (κ3) is 5.34. The minimum atomic E-state index is 1.13. The van der Waals surface area contributed by atoms with Crippen molar-refractivity contribution in [2.24, 2.45) is 0 Å². The molecule has 0 N–H and O–H groups in total. The fourth-order valence-electron chi connectivity index (χ4n) is 8.21. The summed E-state index contributed by atoms with van der Waals surface area (Å²) in [5.41, 5.74) is 13.2. The van der Waals surface area contributed by atoms with Crippen LogP contribution in [0.15, 0.2) is 212 Å². The lowest BCUT2D eigenvalue weighted by Crippen LogP contribution is -2.00. The first-order valence-electron chi connectivity index (χ1n) is 18.3. The molecule has 1 aromatic heterocycles. The molecule has 1 heterocycles. The van der Waals surface area contributed by atoms with E-state index in [2.05, 4.69) is 217 Å². The van der Waals surface area contributed by atoms with Gasteiger partial charge in [-0.25, -0.2) is 0 Å². The van der Waals surface area contributed by atoms with E-state index in [0.717, 1.165) is 17.1 Å². The summed E-state index contributed by atoms with van der Waals surface area (Å²) < 4.78 is 2.43. The van der Waals surface area contributed by atoms with Crippen LogP contribution in [0.2, 0.25) is 0 Å². The van der Waals surface area contributed by atoms with E-state index in [1.54, 1.807) is 0 Å². The van der Waals surface area contributed by atoms with Gasteiger partial charge in [0.15, 0.2) is 0 Å². The number of aromatic nitrogens is 1. The summed E-state index contributed by atoms with van der Waals surface area (Å²) in [5, 5.41) is 7.48. The van der Waals surface area contributed by atoms with Gasteiger partial charge in [-0.2, -0.15) is 0 Å². The predicted octanol–water partition coefficient (Wildman–Crippen LogP) is 14.3. The van der Waals surface area contributed by atoms with Crippen molar-refractivity contribution in [3.8, 4) is 61.6 Å². The van der Waals surface area contributed by atoms with Crippen molar-refractivity contribution >= 4 is 32.3 Å². The molecule has 1 heteroatoms. The normalized spacial score (nSPS) is 11.4. The molecule has 0 bridgehead atoms. The first-order valence-corrected chi connectivity index (χ1v) is 18.3. The van der Waals surface area contributed by atoms with E-state index in [-0.39, 0.29) is 0 Å². The van der Waals surface area contributed by atoms with Gasteiger partial charge in [-0.3, -0.25) is 0 Å². The minimum absolute atomic E-state index is 1.13. The summed E-state index contributed by atoms with van der Waals surface area (Å²) in [6.45, 7) is 0. The maximum absolute atomic E-state index is 2.43. The zero-order valence-electron chi connectivity index (χ0n) is 29.2. The molecule has 0 fully saturated rings. The number of benzene rings is 9. The molecule has 0 aliphatic rings. The second-order valence-corrected chi connectivity index (χ2v) is 13.7. The smallest absolute Gasteiger partial charge is 0.0535 e. The Morgan fingerprint density at radius 3 is 1.34 bits per heavy atom. The van der Waals surface area contributed by atoms with Crippen LogP contribution in [-0.2, 0) is 0 Å². The second kappa shape index (κ2) is 13.0. The highest BCUT2D eigenvalue weighted by Crippen LogP contribution is 2.45. The van der Waals surface area contributed by atoms with Crippen molar-refractivity contribution in [2.75, 3.05) is 0 Å². The molecule has 0 saturated heterocycles. The number of hydrogen-bond acceptors (Lipinski definition) is 0. The lowest BCUT2D eigenvalue weighted by Gasteiger charge is -2.20. The average Bonchev–Trinajstić information content (AvgIpc) is 3.69. The fourth-order valence-corrected chi connectivity index (χ4v) is 8.21. The Kier molecular flexibility index (Phi) is 7.55. The fraction of sp³-hybridized carbons (Fsp3) is 0. The summed E-state index contributed by atoms with van der Waals surface area (Å²) in [7, 11) is 0. The number of fused-ring (bicyclic) bond motifs is 3. The van der Waals surface area contributed by atoms with E-state index in [0.29, 0.717) is 0 Å². The standard InChI is InChI=1S/C52H35N/c1-4-16-38(17-5-1)49-33-34-50(39-18-6-2-7-19-39)53(49)42-31-32-47-48(35-42)52(46-25-13-12-24-45(46)51(47)40-20-8-3-9-21-40)41-29-27-37(28-30-41)44-26-14-22-36-15-10-11-23-43(36)44/h1-35H. The van der Waals surface area contributed by atoms with E-state index in [1.165, 1.54) is 76.8 Å². The van der Waals surface area contributed by atoms with Gasteiger partial charge in [0.05, 0.1) is 11.4 Å². The van der Waals surface area contributed by atoms with Crippen LogP contribution in [0.5, 0.6) is 0 Å². The van der Waals surface area contributed by atoms with Crippen LogP contribution in [-0.4, -0.2) is 4.57 Å². The number of hydrogen-bond donors (Lipinski definition) is 0. The molecule has 0 unspecified atom stereocenters. The Hall–Kier alpha value is -6.96. The van der Waals surface area contributed by atoms with E-state index < -0.39 is 0 Å². The molecule has 0 saturated carbocycles. The van der Waals surface area contributed by atoms with Crippen molar-refractivity contribution in [1.29, 1.82) is 0 Å². The largest absolute Gasteiger partial charge is 0.309 e. The van der Waals surface area contributed by atoms with Crippen molar-refractivity contribution < 1.29 is 0 Å². The van der Waals surface area contributed by atoms with Crippen molar-refractivity contribution in [1.82, 2.24) is 4.57 Å². The highest BCUT2D eigenvalue weighted by molar-refractivity contribution is 6.21. The summed E-state index contributed by atoms with van der Waals surface area (Å²) in [5.74, 6) is 0. The van der Waals surface area contributed by atoms with Crippen LogP contribution < -0.4 is 0 Å². The van der Waals surface area contributed by atoms with Crippen LogP contribution in [0, 0.1) is 0 Å². The Bertz CT molecular complexity index is 2840. The van der Waals surface area contributed by atoms with Crippen molar-refractivity contribution in [3.63, 3.8) is 0 Å². The maximum Gasteiger partial charge on any atom is 0.0535 e. The van der Waals surface area contributed by atoms with E-state index in [4.69, 9.17) is 0 Å². The molecule has 1 nitrogen and oxygen atoms in total. The van der Waals surface area contributed by atoms with Gasteiger partial charge in [-0.1, -0.05) is 188 Å². The maximum atomic E-state index is 2.43. The van der Waals surface area contributed by atoms with Crippen molar-refractivity contribution in [3.05, 3.63) is 212 Å². The zero-order chi connectivity index (χ0) is 35.1. The van der Waals surface area contributed by atoms with E-state index in [9.17, 15) is 0 Å². The third-order valence-electron chi connectivity index (χ3n) is 10.6. The molecular formula is C52H35N. The Balaban J connectivity index is 1.26. The Morgan fingerprint density at radius 1 is 0.264 bits per heavy atom. The summed E-state index contributed by atoms with van der Waals surface area (Å²) in [4.78, 5) is 0. The van der Waals surface area contributed by atoms with E-state index in [1.807, 2.05) is 0 Å². The molecule has 53 heavy (non-hydrogen) atoms. The molecule has 0 aliphatic carbocycles. The van der Waals surface area contributed by atoms with Crippen LogP contribution in [0.4, 0.5) is 0 Å². The molecule has 0 amide bonds. The molecule has 0 atom stereocenters. The SMILES string of the molecule is c1ccc(-c2c3ccccc3c(-c3ccc(-c4cccc5ccccc45)cc3)c3cc(-n4c(-c5ccccc5)ccc4-c4ccccc4)ccc23)cc1. The molecule has 248 valence electrons. The molecule has 0 aliphatic heterocycles. The van der Waals surface area contributed by atoms with E-state index >= 15 is 0 Å². The van der Waals surface area contributed by atoms with Crippen LogP contribution >= 0.6 is 0 Å². The Morgan fingerprint density at radius 2 is 0.717 bits per heavy atom. The van der Waals surface area contributed by atoms with Gasteiger partial charge in [-0.15, -0.1) is 0 Å². The first kappa shape index (κ1) is 30.8. The first-order chi connectivity index (χ1) is 26.3. The summed E-state index contributed by atoms with van der Waals surface area (Å²) >= 11 is 0. The van der Waals surface area contributed by atoms with Gasteiger partial charge in [0.25, 0.3) is 0 Å². The quantitative estimate of drug-likeness (QED) is 0.155. The van der Waals surface area contributed by atoms with Gasteiger partial charge >= 0.3 is 0 Å². The van der Waals surface area contributed by atoms with Crippen LogP contribution in [0.1, 0.15) is 0 Å². The molecule has 10 rings (SSSR count). The van der Waals surface area contributed by atoms with Gasteiger partial charge in [-0.05, 0) is 101 Å². The molecule has 10 aromatic rings. The lowest BCUT2D eigenvalue weighted by molar-refractivity contribution is 1.10. The van der Waals surface area contributed by atoms with Gasteiger partial charge in [0.2, 0.25) is 0 Å². The summed E-state index contributed by atoms with van der Waals surface area (Å²) in [6, 6.07) is 77.2. The number of nitrogens with zero attached hydrogens (tertiary/aromatic N) is 1. The topological polar surface area (TPSA) is 4.93 Å². The molecule has 0 spiro atoms. The van der Waals surface area contributed by atoms with Crippen LogP contribution in [0.25, 0.3) is 93.9 Å². The minimum Gasteiger partial charge on any atom is -0.309 e. The highest BCUT2D eigenvalue weighted by Gasteiger charge is 2.20. The second-order valence-electron chi connectivity index (χ2n) is 13.7. The average molecular weight is 674 g/mol. The molecule has 0 radical (unpaired) electrons. The highest BCUT2D eigenvalue weighted by atomic mass is 15.0. The van der Waals surface area contributed by atoms with Gasteiger partial charge < -0.3 is 4.57 Å². The Labute approximate surface area is 309 Å². The lowest BCUT2D eigenvalue weighted by atomic mass is 9.85. The molecular weight excluding hydrogens is 639 g/mol. The van der Waals surface area contributed by atoms with Gasteiger partial charge in [0, 0.05) is 5.69 Å². The third-order valence-corrected chi connectivity index (χ3v) is 10.6. The van der Waals surface area contributed by atoms with Crippen molar-refractivity contribution in [2.45, 2.75) is 0 Å². The van der Waals surface area contributed by atoms with Gasteiger partial charge in [0.1, 0.15) is 0 Å². The molecule has 9 aromatic carbocycles. The number of rotatable bonds is 6. The zero-order valence-corrected chi connectivity index (χ0v) is 29.2. The predicted molar refractivity (Wildman–Crippen MR) is 225 cm³/mol. The monoisotopic (exact) mass is 673 g/mol. The van der Waals surface area contributed by atoms with Crippen LogP contribution in [0.3, 0.4) is 0 Å². The summed E-state index contributed by atoms with van der Waals surface area (Å²) in [6.07, 6.45) is 0.